The Bertz CT molecular complexity index is 358. The van der Waals surface area contributed by atoms with Crippen LogP contribution in [0.4, 0.5) is 0 Å². The lowest BCUT2D eigenvalue weighted by molar-refractivity contribution is 0.140. The molecule has 1 nitrogen and oxygen atoms in total. The lowest BCUT2D eigenvalue weighted by Crippen LogP contribution is -2.22. The van der Waals surface area contributed by atoms with E-state index in [4.69, 9.17) is 0 Å². The van der Waals surface area contributed by atoms with Crippen LogP contribution >= 0.6 is 0 Å². The van der Waals surface area contributed by atoms with Gasteiger partial charge in [0.1, 0.15) is 0 Å². The van der Waals surface area contributed by atoms with Crippen LogP contribution in [0.15, 0.2) is 24.3 Å². The molecule has 1 spiro atoms. The van der Waals surface area contributed by atoms with E-state index in [1.165, 1.54) is 17.5 Å². The average molecular weight is 174 g/mol. The normalized spacial score (nSPS) is 40.8. The van der Waals surface area contributed by atoms with Gasteiger partial charge in [-0.15, -0.1) is 0 Å². The summed E-state index contributed by atoms with van der Waals surface area (Å²) in [6.07, 6.45) is 1.91. The molecule has 13 heavy (non-hydrogen) atoms. The van der Waals surface area contributed by atoms with Crippen LogP contribution in [0.2, 0.25) is 0 Å². The molecule has 68 valence electrons. The number of hydrogen-bond donors (Lipinski definition) is 1. The van der Waals surface area contributed by atoms with E-state index in [-0.39, 0.29) is 11.5 Å². The summed E-state index contributed by atoms with van der Waals surface area (Å²) in [6.45, 7) is 2.24. The highest BCUT2D eigenvalue weighted by atomic mass is 16.3. The van der Waals surface area contributed by atoms with Gasteiger partial charge in [0, 0.05) is 5.41 Å². The third-order valence-electron chi connectivity index (χ3n) is 3.89. The van der Waals surface area contributed by atoms with Crippen molar-refractivity contribution >= 4 is 0 Å². The fraction of sp³-hybridized carbons (Fsp3) is 0.500. The van der Waals surface area contributed by atoms with Crippen molar-refractivity contribution in [3.8, 4) is 0 Å². The molecular weight excluding hydrogens is 160 g/mol. The van der Waals surface area contributed by atoms with Gasteiger partial charge in [-0.2, -0.15) is 0 Å². The van der Waals surface area contributed by atoms with Crippen molar-refractivity contribution in [1.82, 2.24) is 0 Å². The molecule has 0 aromatic heterocycles. The Labute approximate surface area is 78.4 Å². The highest BCUT2D eigenvalue weighted by Crippen LogP contribution is 2.60. The van der Waals surface area contributed by atoms with E-state index in [1.54, 1.807) is 0 Å². The second-order valence-electron chi connectivity index (χ2n) is 4.52. The molecular formula is C12H14O. The molecule has 1 aromatic carbocycles. The second kappa shape index (κ2) is 2.16. The molecule has 1 heteroatoms. The van der Waals surface area contributed by atoms with Crippen LogP contribution in [0, 0.1) is 5.92 Å². The Hall–Kier alpha value is -0.820. The molecule has 1 aromatic rings. The lowest BCUT2D eigenvalue weighted by Gasteiger charge is -2.14. The van der Waals surface area contributed by atoms with Crippen LogP contribution in [-0.2, 0) is 11.8 Å². The van der Waals surface area contributed by atoms with Crippen molar-refractivity contribution in [3.63, 3.8) is 0 Å². The number of aliphatic hydroxyl groups is 1. The van der Waals surface area contributed by atoms with Crippen LogP contribution in [0.5, 0.6) is 0 Å². The Morgan fingerprint density at radius 3 is 2.77 bits per heavy atom. The predicted molar refractivity (Wildman–Crippen MR) is 51.6 cm³/mol. The van der Waals surface area contributed by atoms with Gasteiger partial charge in [0.05, 0.1) is 6.10 Å². The maximum atomic E-state index is 10.0. The van der Waals surface area contributed by atoms with Crippen LogP contribution in [0.25, 0.3) is 0 Å². The van der Waals surface area contributed by atoms with Crippen molar-refractivity contribution in [2.45, 2.75) is 31.3 Å². The summed E-state index contributed by atoms with van der Waals surface area (Å²) in [7, 11) is 0. The molecule has 0 bridgehead atoms. The number of rotatable bonds is 0. The van der Waals surface area contributed by atoms with Gasteiger partial charge in [-0.25, -0.2) is 0 Å². The van der Waals surface area contributed by atoms with Gasteiger partial charge in [0.25, 0.3) is 0 Å². The number of aliphatic hydroxyl groups excluding tert-OH is 1. The minimum atomic E-state index is -0.125. The van der Waals surface area contributed by atoms with Crippen molar-refractivity contribution in [2.75, 3.05) is 0 Å². The maximum Gasteiger partial charge on any atom is 0.0679 e. The quantitative estimate of drug-likeness (QED) is 0.636. The fourth-order valence-corrected chi connectivity index (χ4v) is 3.01. The zero-order valence-electron chi connectivity index (χ0n) is 7.83. The van der Waals surface area contributed by atoms with E-state index in [0.717, 1.165) is 6.42 Å². The third-order valence-corrected chi connectivity index (χ3v) is 3.89. The molecule has 0 saturated heterocycles. The van der Waals surface area contributed by atoms with Crippen molar-refractivity contribution in [1.29, 1.82) is 0 Å². The highest BCUT2D eigenvalue weighted by Gasteiger charge is 2.60. The van der Waals surface area contributed by atoms with Gasteiger partial charge in [-0.3, -0.25) is 0 Å². The van der Waals surface area contributed by atoms with Crippen molar-refractivity contribution in [2.24, 2.45) is 5.92 Å². The largest absolute Gasteiger partial charge is 0.392 e. The van der Waals surface area contributed by atoms with Gasteiger partial charge in [-0.1, -0.05) is 31.2 Å². The SMILES string of the molecule is CC1CC12c1ccccc1CC2O. The molecule has 1 fully saturated rings. The fourth-order valence-electron chi connectivity index (χ4n) is 3.01. The molecule has 0 amide bonds. The molecule has 3 atom stereocenters. The van der Waals surface area contributed by atoms with E-state index < -0.39 is 0 Å². The van der Waals surface area contributed by atoms with Gasteiger partial charge in [0.15, 0.2) is 0 Å². The number of hydrogen-bond acceptors (Lipinski definition) is 1. The molecule has 3 unspecified atom stereocenters. The van der Waals surface area contributed by atoms with E-state index in [0.29, 0.717) is 5.92 Å². The first-order chi connectivity index (χ1) is 6.25. The highest BCUT2D eigenvalue weighted by molar-refractivity contribution is 5.47. The van der Waals surface area contributed by atoms with E-state index in [2.05, 4.69) is 31.2 Å². The van der Waals surface area contributed by atoms with Crippen molar-refractivity contribution in [3.05, 3.63) is 35.4 Å². The zero-order chi connectivity index (χ0) is 9.05. The third kappa shape index (κ3) is 0.761. The molecule has 3 rings (SSSR count). The summed E-state index contributed by atoms with van der Waals surface area (Å²) in [5.74, 6) is 0.672. The average Bonchev–Trinajstić information content (AvgIpc) is 2.71. The minimum Gasteiger partial charge on any atom is -0.392 e. The first-order valence-corrected chi connectivity index (χ1v) is 5.01. The summed E-state index contributed by atoms with van der Waals surface area (Å²) in [5, 5.41) is 10.0. The van der Waals surface area contributed by atoms with E-state index >= 15 is 0 Å². The Morgan fingerprint density at radius 1 is 1.38 bits per heavy atom. The van der Waals surface area contributed by atoms with Crippen LogP contribution in [-0.4, -0.2) is 11.2 Å². The van der Waals surface area contributed by atoms with E-state index in [1.807, 2.05) is 0 Å². The van der Waals surface area contributed by atoms with Crippen molar-refractivity contribution < 1.29 is 5.11 Å². The van der Waals surface area contributed by atoms with Gasteiger partial charge in [0.2, 0.25) is 0 Å². The Morgan fingerprint density at radius 2 is 2.08 bits per heavy atom. The summed E-state index contributed by atoms with van der Waals surface area (Å²) in [4.78, 5) is 0. The zero-order valence-corrected chi connectivity index (χ0v) is 7.83. The summed E-state index contributed by atoms with van der Waals surface area (Å²) in [6, 6.07) is 8.49. The predicted octanol–water partition coefficient (Wildman–Crippen LogP) is 1.88. The molecule has 1 saturated carbocycles. The molecule has 0 heterocycles. The monoisotopic (exact) mass is 174 g/mol. The molecule has 2 aliphatic carbocycles. The summed E-state index contributed by atoms with van der Waals surface area (Å²) >= 11 is 0. The van der Waals surface area contributed by atoms with Crippen LogP contribution < -0.4 is 0 Å². The minimum absolute atomic E-state index is 0.125. The smallest absolute Gasteiger partial charge is 0.0679 e. The Balaban J connectivity index is 2.16. The molecule has 0 radical (unpaired) electrons. The van der Waals surface area contributed by atoms with Crippen LogP contribution in [0.1, 0.15) is 24.5 Å². The molecule has 0 aliphatic heterocycles. The Kier molecular flexibility index (Phi) is 1.26. The standard InChI is InChI=1S/C12H14O/c1-8-7-12(8)10-5-3-2-4-9(10)6-11(12)13/h2-5,8,11,13H,6-7H2,1H3. The lowest BCUT2D eigenvalue weighted by atomic mass is 9.94. The van der Waals surface area contributed by atoms with Crippen LogP contribution in [0.3, 0.4) is 0 Å². The molecule has 1 N–H and O–H groups in total. The molecule has 2 aliphatic rings. The maximum absolute atomic E-state index is 10.0. The second-order valence-corrected chi connectivity index (χ2v) is 4.52. The first kappa shape index (κ1) is 7.57. The van der Waals surface area contributed by atoms with E-state index in [9.17, 15) is 5.11 Å². The van der Waals surface area contributed by atoms with Gasteiger partial charge >= 0.3 is 0 Å². The first-order valence-electron chi connectivity index (χ1n) is 5.01. The summed E-state index contributed by atoms with van der Waals surface area (Å²) in [5.41, 5.74) is 2.92. The summed E-state index contributed by atoms with van der Waals surface area (Å²) < 4.78 is 0. The number of benzene rings is 1. The topological polar surface area (TPSA) is 20.2 Å². The van der Waals surface area contributed by atoms with Gasteiger partial charge < -0.3 is 5.11 Å². The van der Waals surface area contributed by atoms with Gasteiger partial charge in [-0.05, 0) is 29.9 Å². The number of fused-ring (bicyclic) bond motifs is 2.